The van der Waals surface area contributed by atoms with E-state index in [4.69, 9.17) is 0 Å². The smallest absolute Gasteiger partial charge is 0.138 e. The number of ketones is 2. The van der Waals surface area contributed by atoms with E-state index in [-0.39, 0.29) is 17.8 Å². The van der Waals surface area contributed by atoms with Gasteiger partial charge in [0.1, 0.15) is 11.6 Å². The predicted octanol–water partition coefficient (Wildman–Crippen LogP) is 5.79. The first kappa shape index (κ1) is 23.6. The Bertz CT molecular complexity index is 314. The maximum Gasteiger partial charge on any atom is 0.138 e. The van der Waals surface area contributed by atoms with E-state index in [1.807, 2.05) is 27.7 Å². The molecule has 0 fully saturated rings. The standard InChI is InChI=1S/2C10H20O/c1-7(2)6-10(11)9(5)8(3)4;1-7(2)6-9(5)10(11)8(3)4/h2*7-9H,6H2,1-5H3. The van der Waals surface area contributed by atoms with Gasteiger partial charge in [-0.2, -0.15) is 0 Å². The van der Waals surface area contributed by atoms with Gasteiger partial charge in [0.2, 0.25) is 0 Å². The molecule has 0 bridgehead atoms. The van der Waals surface area contributed by atoms with Crippen LogP contribution in [0.4, 0.5) is 0 Å². The van der Waals surface area contributed by atoms with Gasteiger partial charge >= 0.3 is 0 Å². The zero-order valence-electron chi connectivity index (χ0n) is 16.7. The first-order chi connectivity index (χ1) is 9.89. The molecule has 0 aromatic carbocycles. The van der Waals surface area contributed by atoms with E-state index in [2.05, 4.69) is 41.5 Å². The summed E-state index contributed by atoms with van der Waals surface area (Å²) in [6.45, 7) is 20.7. The average molecular weight is 313 g/mol. The first-order valence-corrected chi connectivity index (χ1v) is 8.96. The van der Waals surface area contributed by atoms with Crippen LogP contribution in [0.5, 0.6) is 0 Å². The largest absolute Gasteiger partial charge is 0.299 e. The molecular formula is C20H40O2. The van der Waals surface area contributed by atoms with Gasteiger partial charge in [0.05, 0.1) is 0 Å². The van der Waals surface area contributed by atoms with E-state index >= 15 is 0 Å². The zero-order valence-corrected chi connectivity index (χ0v) is 16.7. The molecule has 0 aromatic heterocycles. The minimum absolute atomic E-state index is 0.198. The van der Waals surface area contributed by atoms with Crippen LogP contribution in [0.15, 0.2) is 0 Å². The molecule has 0 N–H and O–H groups in total. The maximum atomic E-state index is 11.4. The number of Topliss-reactive ketones (excluding diaryl/α,β-unsaturated/α-hetero) is 2. The molecule has 2 atom stereocenters. The van der Waals surface area contributed by atoms with Gasteiger partial charge in [-0.25, -0.2) is 0 Å². The van der Waals surface area contributed by atoms with Crippen LogP contribution in [-0.2, 0) is 9.59 Å². The molecule has 0 amide bonds. The van der Waals surface area contributed by atoms with Crippen molar-refractivity contribution in [3.63, 3.8) is 0 Å². The van der Waals surface area contributed by atoms with Crippen LogP contribution >= 0.6 is 0 Å². The quantitative estimate of drug-likeness (QED) is 0.568. The molecule has 2 unspecified atom stereocenters. The van der Waals surface area contributed by atoms with E-state index < -0.39 is 0 Å². The summed E-state index contributed by atoms with van der Waals surface area (Å²) >= 11 is 0. The van der Waals surface area contributed by atoms with Crippen LogP contribution in [0.25, 0.3) is 0 Å². The number of carbonyl (C=O) groups excluding carboxylic acids is 2. The zero-order chi connectivity index (χ0) is 18.0. The van der Waals surface area contributed by atoms with E-state index in [0.29, 0.717) is 29.3 Å². The normalized spacial score (nSPS) is 14.1. The van der Waals surface area contributed by atoms with Gasteiger partial charge < -0.3 is 0 Å². The summed E-state index contributed by atoms with van der Waals surface area (Å²) in [7, 11) is 0. The van der Waals surface area contributed by atoms with Crippen molar-refractivity contribution < 1.29 is 9.59 Å². The molecule has 2 nitrogen and oxygen atoms in total. The molecule has 22 heavy (non-hydrogen) atoms. The van der Waals surface area contributed by atoms with Gasteiger partial charge in [-0.1, -0.05) is 69.2 Å². The lowest BCUT2D eigenvalue weighted by Gasteiger charge is -2.14. The van der Waals surface area contributed by atoms with Crippen molar-refractivity contribution in [3.05, 3.63) is 0 Å². The van der Waals surface area contributed by atoms with E-state index in [1.54, 1.807) is 0 Å². The van der Waals surface area contributed by atoms with Crippen LogP contribution in [0.2, 0.25) is 0 Å². The van der Waals surface area contributed by atoms with E-state index in [9.17, 15) is 9.59 Å². The Labute approximate surface area is 139 Å². The topological polar surface area (TPSA) is 34.1 Å². The van der Waals surface area contributed by atoms with Crippen LogP contribution in [-0.4, -0.2) is 11.6 Å². The van der Waals surface area contributed by atoms with Crippen molar-refractivity contribution in [1.29, 1.82) is 0 Å². The summed E-state index contributed by atoms with van der Waals surface area (Å²) in [4.78, 5) is 22.8. The molecule has 0 aliphatic rings. The lowest BCUT2D eigenvalue weighted by Crippen LogP contribution is -2.18. The van der Waals surface area contributed by atoms with Gasteiger partial charge in [0, 0.05) is 24.2 Å². The maximum absolute atomic E-state index is 11.4. The third-order valence-electron chi connectivity index (χ3n) is 4.00. The number of hydrogen-bond donors (Lipinski definition) is 0. The second-order valence-electron chi connectivity index (χ2n) is 8.18. The second kappa shape index (κ2) is 11.8. The third-order valence-corrected chi connectivity index (χ3v) is 4.00. The molecule has 0 aliphatic heterocycles. The van der Waals surface area contributed by atoms with E-state index in [0.717, 1.165) is 12.8 Å². The summed E-state index contributed by atoms with van der Waals surface area (Å²) in [6.07, 6.45) is 1.76. The first-order valence-electron chi connectivity index (χ1n) is 8.96. The summed E-state index contributed by atoms with van der Waals surface area (Å²) in [6, 6.07) is 0. The molecular weight excluding hydrogens is 272 g/mol. The molecule has 132 valence electrons. The van der Waals surface area contributed by atoms with Gasteiger partial charge in [-0.3, -0.25) is 9.59 Å². The van der Waals surface area contributed by atoms with Crippen molar-refractivity contribution in [3.8, 4) is 0 Å². The Morgan fingerprint density at radius 3 is 1.45 bits per heavy atom. The van der Waals surface area contributed by atoms with Crippen LogP contribution < -0.4 is 0 Å². The second-order valence-corrected chi connectivity index (χ2v) is 8.18. The van der Waals surface area contributed by atoms with Crippen LogP contribution in [0, 0.1) is 35.5 Å². The number of carbonyl (C=O) groups is 2. The fourth-order valence-electron chi connectivity index (χ4n) is 2.35. The Morgan fingerprint density at radius 2 is 1.18 bits per heavy atom. The molecule has 0 rings (SSSR count). The summed E-state index contributed by atoms with van der Waals surface area (Å²) < 4.78 is 0. The highest BCUT2D eigenvalue weighted by molar-refractivity contribution is 5.82. The summed E-state index contributed by atoms with van der Waals surface area (Å²) in [5.74, 6) is 3.11. The Balaban J connectivity index is 0. The molecule has 0 saturated heterocycles. The lowest BCUT2D eigenvalue weighted by atomic mass is 9.89. The van der Waals surface area contributed by atoms with Gasteiger partial charge in [0.15, 0.2) is 0 Å². The fraction of sp³-hybridized carbons (Fsp3) is 0.900. The Morgan fingerprint density at radius 1 is 0.727 bits per heavy atom. The van der Waals surface area contributed by atoms with Gasteiger partial charge in [-0.05, 0) is 24.2 Å². The summed E-state index contributed by atoms with van der Waals surface area (Å²) in [5.41, 5.74) is 0. The highest BCUT2D eigenvalue weighted by Crippen LogP contribution is 2.16. The Kier molecular flexibility index (Phi) is 12.7. The van der Waals surface area contributed by atoms with Gasteiger partial charge in [-0.15, -0.1) is 0 Å². The van der Waals surface area contributed by atoms with Crippen molar-refractivity contribution >= 4 is 11.6 Å². The average Bonchev–Trinajstić information content (AvgIpc) is 2.35. The van der Waals surface area contributed by atoms with Crippen LogP contribution in [0.3, 0.4) is 0 Å². The molecule has 0 radical (unpaired) electrons. The minimum atomic E-state index is 0.198. The molecule has 0 spiro atoms. The highest BCUT2D eigenvalue weighted by atomic mass is 16.1. The molecule has 0 saturated carbocycles. The fourth-order valence-corrected chi connectivity index (χ4v) is 2.35. The molecule has 0 heterocycles. The van der Waals surface area contributed by atoms with Gasteiger partial charge in [0.25, 0.3) is 0 Å². The predicted molar refractivity (Wildman–Crippen MR) is 96.9 cm³/mol. The van der Waals surface area contributed by atoms with Crippen LogP contribution in [0.1, 0.15) is 82.1 Å². The summed E-state index contributed by atoms with van der Waals surface area (Å²) in [5, 5.41) is 0. The van der Waals surface area contributed by atoms with Crippen molar-refractivity contribution in [2.75, 3.05) is 0 Å². The SMILES string of the molecule is CC(C)CC(=O)C(C)C(C)C.CC(C)CC(C)C(=O)C(C)C. The number of rotatable bonds is 8. The van der Waals surface area contributed by atoms with Crippen molar-refractivity contribution in [2.45, 2.75) is 82.1 Å². The third kappa shape index (κ3) is 11.9. The highest BCUT2D eigenvalue weighted by Gasteiger charge is 2.17. The van der Waals surface area contributed by atoms with Crippen molar-refractivity contribution in [1.82, 2.24) is 0 Å². The number of hydrogen-bond acceptors (Lipinski definition) is 2. The van der Waals surface area contributed by atoms with Crippen molar-refractivity contribution in [2.24, 2.45) is 35.5 Å². The Hall–Kier alpha value is -0.660. The molecule has 0 aromatic rings. The monoisotopic (exact) mass is 312 g/mol. The lowest BCUT2D eigenvalue weighted by molar-refractivity contribution is -0.126. The minimum Gasteiger partial charge on any atom is -0.299 e. The molecule has 2 heteroatoms. The molecule has 0 aliphatic carbocycles. The van der Waals surface area contributed by atoms with E-state index in [1.165, 1.54) is 0 Å².